The van der Waals surface area contributed by atoms with Gasteiger partial charge < -0.3 is 15.0 Å². The largest absolute Gasteiger partial charge is 0.462 e. The number of nitrogens with one attached hydrogen (secondary N) is 1. The van der Waals surface area contributed by atoms with E-state index < -0.39 is 5.97 Å². The van der Waals surface area contributed by atoms with Crippen LogP contribution in [0.5, 0.6) is 0 Å². The summed E-state index contributed by atoms with van der Waals surface area (Å²) in [5, 5.41) is 2.85. The molecule has 138 valence electrons. The second-order valence-corrected chi connectivity index (χ2v) is 6.19. The molecule has 1 aromatic carbocycles. The van der Waals surface area contributed by atoms with E-state index in [0.717, 1.165) is 6.42 Å². The minimum absolute atomic E-state index is 0.111. The number of carbonyl (C=O) groups excluding carboxylic acids is 3. The van der Waals surface area contributed by atoms with E-state index in [-0.39, 0.29) is 31.4 Å². The molecule has 6 nitrogen and oxygen atoms in total. The van der Waals surface area contributed by atoms with Gasteiger partial charge in [0.1, 0.15) is 0 Å². The molecule has 6 heteroatoms. The van der Waals surface area contributed by atoms with Crippen LogP contribution in [0.3, 0.4) is 0 Å². The Hall–Kier alpha value is -2.37. The molecule has 25 heavy (non-hydrogen) atoms. The Bertz CT molecular complexity index is 599. The summed E-state index contributed by atoms with van der Waals surface area (Å²) in [6, 6.07) is 6.76. The zero-order valence-corrected chi connectivity index (χ0v) is 15.5. The van der Waals surface area contributed by atoms with Crippen molar-refractivity contribution in [2.45, 2.75) is 40.5 Å². The normalized spacial score (nSPS) is 10.4. The van der Waals surface area contributed by atoms with Crippen molar-refractivity contribution in [3.05, 3.63) is 29.8 Å². The number of anilines is 1. The molecule has 0 aromatic heterocycles. The quantitative estimate of drug-likeness (QED) is 0.696. The number of ether oxygens (including phenoxy) is 1. The van der Waals surface area contributed by atoms with E-state index in [4.69, 9.17) is 4.74 Å². The maximum atomic E-state index is 12.1. The monoisotopic (exact) mass is 348 g/mol. The van der Waals surface area contributed by atoms with Gasteiger partial charge in [0.25, 0.3) is 0 Å². The molecule has 0 unspecified atom stereocenters. The van der Waals surface area contributed by atoms with Crippen molar-refractivity contribution in [3.63, 3.8) is 0 Å². The second-order valence-electron chi connectivity index (χ2n) is 6.19. The van der Waals surface area contributed by atoms with Crippen LogP contribution in [0, 0.1) is 5.92 Å². The lowest BCUT2D eigenvalue weighted by atomic mass is 10.1. The number of rotatable bonds is 9. The van der Waals surface area contributed by atoms with Crippen molar-refractivity contribution in [3.8, 4) is 0 Å². The maximum Gasteiger partial charge on any atom is 0.340 e. The van der Waals surface area contributed by atoms with Gasteiger partial charge in [0.2, 0.25) is 11.8 Å². The second kappa shape index (κ2) is 10.5. The molecule has 1 aromatic rings. The van der Waals surface area contributed by atoms with E-state index in [1.165, 1.54) is 11.8 Å². The third kappa shape index (κ3) is 6.95. The third-order valence-electron chi connectivity index (χ3n) is 3.68. The fourth-order valence-electron chi connectivity index (χ4n) is 2.34. The minimum atomic E-state index is -0.481. The van der Waals surface area contributed by atoms with Gasteiger partial charge in [-0.15, -0.1) is 0 Å². The van der Waals surface area contributed by atoms with Crippen molar-refractivity contribution < 1.29 is 19.1 Å². The number of hydrogen-bond acceptors (Lipinski definition) is 4. The van der Waals surface area contributed by atoms with E-state index in [1.54, 1.807) is 31.2 Å². The summed E-state index contributed by atoms with van der Waals surface area (Å²) in [6.07, 6.45) is 1.09. The molecule has 0 aliphatic heterocycles. The summed E-state index contributed by atoms with van der Waals surface area (Å²) in [7, 11) is 0. The fraction of sp³-hybridized carbons (Fsp3) is 0.526. The van der Waals surface area contributed by atoms with Gasteiger partial charge in [-0.25, -0.2) is 4.79 Å². The molecule has 0 fully saturated rings. The van der Waals surface area contributed by atoms with Crippen LogP contribution in [0.25, 0.3) is 0 Å². The molecule has 0 spiro atoms. The Morgan fingerprint density at radius 3 is 2.48 bits per heavy atom. The fourth-order valence-corrected chi connectivity index (χ4v) is 2.34. The van der Waals surface area contributed by atoms with Crippen LogP contribution in [0.1, 0.15) is 50.9 Å². The molecule has 1 N–H and O–H groups in total. The predicted octanol–water partition coefficient (Wildman–Crippen LogP) is 2.77. The summed E-state index contributed by atoms with van der Waals surface area (Å²) < 4.78 is 5.04. The summed E-state index contributed by atoms with van der Waals surface area (Å²) in [5.41, 5.74) is 0.781. The van der Waals surface area contributed by atoms with Crippen molar-refractivity contribution in [2.24, 2.45) is 5.92 Å². The number of amides is 2. The predicted molar refractivity (Wildman–Crippen MR) is 97.5 cm³/mol. The Morgan fingerprint density at radius 2 is 1.88 bits per heavy atom. The van der Waals surface area contributed by atoms with E-state index in [9.17, 15) is 14.4 Å². The highest BCUT2D eigenvalue weighted by Gasteiger charge is 2.20. The average Bonchev–Trinajstić information content (AvgIpc) is 2.55. The first-order chi connectivity index (χ1) is 11.9. The van der Waals surface area contributed by atoms with Gasteiger partial charge in [-0.3, -0.25) is 9.59 Å². The van der Waals surface area contributed by atoms with E-state index in [2.05, 4.69) is 19.2 Å². The lowest BCUT2D eigenvalue weighted by Crippen LogP contribution is -2.35. The van der Waals surface area contributed by atoms with Gasteiger partial charge in [-0.1, -0.05) is 26.0 Å². The van der Waals surface area contributed by atoms with Crippen molar-refractivity contribution in [1.82, 2.24) is 5.32 Å². The third-order valence-corrected chi connectivity index (χ3v) is 3.68. The lowest BCUT2D eigenvalue weighted by Gasteiger charge is -2.23. The number of carbonyl (C=O) groups is 3. The van der Waals surface area contributed by atoms with Crippen LogP contribution in [-0.4, -0.2) is 37.5 Å². The summed E-state index contributed by atoms with van der Waals surface area (Å²) in [6.45, 7) is 8.41. The molecule has 0 heterocycles. The highest BCUT2D eigenvalue weighted by atomic mass is 16.5. The first-order valence-electron chi connectivity index (χ1n) is 8.67. The Balaban J connectivity index is 2.79. The molecule has 0 aliphatic rings. The van der Waals surface area contributed by atoms with Crippen LogP contribution in [0.15, 0.2) is 24.3 Å². The van der Waals surface area contributed by atoms with Gasteiger partial charge in [0.15, 0.2) is 0 Å². The molecular weight excluding hydrogens is 320 g/mol. The molecule has 0 bridgehead atoms. The Morgan fingerprint density at radius 1 is 1.20 bits per heavy atom. The minimum Gasteiger partial charge on any atom is -0.462 e. The molecule has 0 radical (unpaired) electrons. The first kappa shape index (κ1) is 20.7. The van der Waals surface area contributed by atoms with Crippen LogP contribution in [0.4, 0.5) is 5.69 Å². The number of benzene rings is 1. The van der Waals surface area contributed by atoms with Gasteiger partial charge in [-0.05, 0) is 31.4 Å². The highest BCUT2D eigenvalue weighted by Crippen LogP contribution is 2.22. The van der Waals surface area contributed by atoms with Crippen LogP contribution in [0.2, 0.25) is 0 Å². The molecule has 1 rings (SSSR count). The summed E-state index contributed by atoms with van der Waals surface area (Å²) in [4.78, 5) is 37.5. The van der Waals surface area contributed by atoms with Gasteiger partial charge in [-0.2, -0.15) is 0 Å². The standard InChI is InChI=1S/C19H28N2O4/c1-5-25-19(24)16-8-6-7-9-17(16)21(15(4)22)13-11-18(23)20-12-10-14(2)3/h6-9,14H,5,10-13H2,1-4H3,(H,20,23). The molecule has 0 atom stereocenters. The zero-order chi connectivity index (χ0) is 18.8. The van der Waals surface area contributed by atoms with E-state index in [1.807, 2.05) is 0 Å². The number of nitrogens with zero attached hydrogens (tertiary/aromatic N) is 1. The van der Waals surface area contributed by atoms with Gasteiger partial charge >= 0.3 is 5.97 Å². The lowest BCUT2D eigenvalue weighted by molar-refractivity contribution is -0.121. The van der Waals surface area contributed by atoms with Crippen LogP contribution in [-0.2, 0) is 14.3 Å². The highest BCUT2D eigenvalue weighted by molar-refractivity contribution is 6.02. The van der Waals surface area contributed by atoms with Crippen molar-refractivity contribution in [1.29, 1.82) is 0 Å². The first-order valence-corrected chi connectivity index (χ1v) is 8.67. The smallest absolute Gasteiger partial charge is 0.340 e. The molecule has 2 amide bonds. The molecule has 0 saturated heterocycles. The number of hydrogen-bond donors (Lipinski definition) is 1. The van der Waals surface area contributed by atoms with Crippen molar-refractivity contribution >= 4 is 23.5 Å². The summed E-state index contributed by atoms with van der Waals surface area (Å²) >= 11 is 0. The molecular formula is C19H28N2O4. The van der Waals surface area contributed by atoms with Crippen LogP contribution >= 0.6 is 0 Å². The zero-order valence-electron chi connectivity index (χ0n) is 15.5. The Kier molecular flexibility index (Phi) is 8.67. The summed E-state index contributed by atoms with van der Waals surface area (Å²) in [5.74, 6) is -0.302. The van der Waals surface area contributed by atoms with Gasteiger partial charge in [0.05, 0.1) is 17.9 Å². The van der Waals surface area contributed by atoms with Gasteiger partial charge in [0, 0.05) is 26.4 Å². The topological polar surface area (TPSA) is 75.7 Å². The Labute approximate surface area is 149 Å². The number of para-hydroxylation sites is 1. The van der Waals surface area contributed by atoms with E-state index >= 15 is 0 Å². The molecule has 0 saturated carbocycles. The SMILES string of the molecule is CCOC(=O)c1ccccc1N(CCC(=O)NCCC(C)C)C(C)=O. The van der Waals surface area contributed by atoms with E-state index in [0.29, 0.717) is 23.7 Å². The van der Waals surface area contributed by atoms with Crippen LogP contribution < -0.4 is 10.2 Å². The average molecular weight is 348 g/mol. The van der Waals surface area contributed by atoms with Crippen molar-refractivity contribution in [2.75, 3.05) is 24.6 Å². The number of esters is 1. The maximum absolute atomic E-state index is 12.1. The molecule has 0 aliphatic carbocycles.